The average molecular weight is 551 g/mol. The lowest BCUT2D eigenvalue weighted by Crippen LogP contribution is -2.51. The van der Waals surface area contributed by atoms with Crippen LogP contribution in [0.4, 0.5) is 31.1 Å². The Hall–Kier alpha value is -3.53. The average Bonchev–Trinajstić information content (AvgIpc) is 2.92. The van der Waals surface area contributed by atoms with Crippen LogP contribution in [0, 0.1) is 5.92 Å². The van der Waals surface area contributed by atoms with Crippen LogP contribution in [0.5, 0.6) is 0 Å². The molecule has 0 radical (unpaired) electrons. The highest BCUT2D eigenvalue weighted by Crippen LogP contribution is 2.40. The number of amides is 2. The van der Waals surface area contributed by atoms with E-state index in [0.29, 0.717) is 25.1 Å². The number of carbonyl (C=O) groups is 1. The lowest BCUT2D eigenvalue weighted by atomic mass is 9.75. The summed E-state index contributed by atoms with van der Waals surface area (Å²) in [5.41, 5.74) is -1.07. The monoisotopic (exact) mass is 550 g/mol. The molecule has 1 aliphatic heterocycles. The first-order chi connectivity index (χ1) is 18.5. The van der Waals surface area contributed by atoms with Gasteiger partial charge in [-0.15, -0.1) is 0 Å². The van der Waals surface area contributed by atoms with Crippen LogP contribution < -0.4 is 5.32 Å². The molecule has 1 aliphatic rings. The number of carbonyl (C=O) groups excluding carboxylic acids is 1. The molecule has 0 unspecified atom stereocenters. The zero-order valence-corrected chi connectivity index (χ0v) is 21.1. The molecule has 2 atom stereocenters. The highest BCUT2D eigenvalue weighted by molar-refractivity contribution is 5.74. The van der Waals surface area contributed by atoms with Gasteiger partial charge < -0.3 is 15.0 Å². The van der Waals surface area contributed by atoms with Crippen LogP contribution in [0.3, 0.4) is 0 Å². The van der Waals surface area contributed by atoms with Gasteiger partial charge in [0.25, 0.3) is 0 Å². The van der Waals surface area contributed by atoms with Gasteiger partial charge >= 0.3 is 18.4 Å². The van der Waals surface area contributed by atoms with Gasteiger partial charge in [0.05, 0.1) is 23.8 Å². The van der Waals surface area contributed by atoms with Crippen molar-refractivity contribution in [2.45, 2.75) is 37.4 Å². The van der Waals surface area contributed by atoms with Crippen molar-refractivity contribution in [3.05, 3.63) is 107 Å². The third kappa shape index (κ3) is 6.92. The maximum absolute atomic E-state index is 13.4. The van der Waals surface area contributed by atoms with Crippen molar-refractivity contribution >= 4 is 6.03 Å². The second-order valence-electron chi connectivity index (χ2n) is 9.52. The standard InChI is InChI=1S/C29H28F6N2O2/c1-36-27(38)37-13-12-25(39-18-19-14-22(28(30,31)32)16-23(15-19)29(33,34)35)24(17-37)26(20-8-4-2-5-9-20)21-10-6-3-7-11-21/h2-11,14-16,24-26H,12-13,17-18H2,1H3,(H,36,38)/t24-,25+/m1/s1. The van der Waals surface area contributed by atoms with E-state index in [9.17, 15) is 31.1 Å². The Kier molecular flexibility index (Phi) is 8.54. The molecule has 0 aromatic heterocycles. The van der Waals surface area contributed by atoms with E-state index in [2.05, 4.69) is 5.32 Å². The van der Waals surface area contributed by atoms with Crippen LogP contribution >= 0.6 is 0 Å². The summed E-state index contributed by atoms with van der Waals surface area (Å²) in [6, 6.07) is 20.4. The van der Waals surface area contributed by atoms with Crippen LogP contribution in [0.1, 0.15) is 40.2 Å². The predicted octanol–water partition coefficient (Wildman–Crippen LogP) is 7.10. The number of likely N-dealkylation sites (tertiary alicyclic amines) is 1. The molecule has 1 saturated heterocycles. The number of alkyl halides is 6. The van der Waals surface area contributed by atoms with Crippen LogP contribution in [-0.2, 0) is 23.7 Å². The van der Waals surface area contributed by atoms with Crippen molar-refractivity contribution in [2.75, 3.05) is 20.1 Å². The van der Waals surface area contributed by atoms with E-state index in [-0.39, 0.29) is 36.0 Å². The molecule has 3 aromatic carbocycles. The van der Waals surface area contributed by atoms with Gasteiger partial charge in [0.15, 0.2) is 0 Å². The zero-order valence-electron chi connectivity index (χ0n) is 21.1. The fraction of sp³-hybridized carbons (Fsp3) is 0.345. The lowest BCUT2D eigenvalue weighted by Gasteiger charge is -2.42. The van der Waals surface area contributed by atoms with Gasteiger partial charge in [-0.3, -0.25) is 0 Å². The Bertz CT molecular complexity index is 1180. The first-order valence-electron chi connectivity index (χ1n) is 12.4. The Balaban J connectivity index is 1.69. The molecule has 39 heavy (non-hydrogen) atoms. The molecule has 0 saturated carbocycles. The number of benzene rings is 3. The van der Waals surface area contributed by atoms with Crippen LogP contribution in [0.25, 0.3) is 0 Å². The summed E-state index contributed by atoms with van der Waals surface area (Å²) in [6.07, 6.45) is -10.1. The van der Waals surface area contributed by atoms with E-state index in [1.165, 1.54) is 7.05 Å². The lowest BCUT2D eigenvalue weighted by molar-refractivity contribution is -0.143. The van der Waals surface area contributed by atoms with E-state index in [0.717, 1.165) is 11.1 Å². The first kappa shape index (κ1) is 28.5. The van der Waals surface area contributed by atoms with Gasteiger partial charge in [-0.1, -0.05) is 60.7 Å². The van der Waals surface area contributed by atoms with E-state index in [4.69, 9.17) is 4.74 Å². The zero-order chi connectivity index (χ0) is 28.2. The Morgan fingerprint density at radius 2 is 1.41 bits per heavy atom. The third-order valence-corrected chi connectivity index (χ3v) is 6.95. The van der Waals surface area contributed by atoms with E-state index in [1.807, 2.05) is 60.7 Å². The smallest absolute Gasteiger partial charge is 0.373 e. The maximum Gasteiger partial charge on any atom is 0.416 e. The molecular formula is C29H28F6N2O2. The highest BCUT2D eigenvalue weighted by atomic mass is 19.4. The van der Waals surface area contributed by atoms with Crippen molar-refractivity contribution in [1.82, 2.24) is 10.2 Å². The van der Waals surface area contributed by atoms with Crippen LogP contribution in [0.15, 0.2) is 78.9 Å². The molecular weight excluding hydrogens is 522 g/mol. The van der Waals surface area contributed by atoms with Gasteiger partial charge in [-0.05, 0) is 41.3 Å². The summed E-state index contributed by atoms with van der Waals surface area (Å²) < 4.78 is 86.4. The number of nitrogens with zero attached hydrogens (tertiary/aromatic N) is 1. The van der Waals surface area contributed by atoms with Gasteiger partial charge in [0.2, 0.25) is 0 Å². The maximum atomic E-state index is 13.4. The number of rotatable bonds is 6. The number of halogens is 6. The molecule has 1 fully saturated rings. The van der Waals surface area contributed by atoms with Crippen molar-refractivity contribution in [3.63, 3.8) is 0 Å². The number of hydrogen-bond acceptors (Lipinski definition) is 2. The second-order valence-corrected chi connectivity index (χ2v) is 9.52. The summed E-state index contributed by atoms with van der Waals surface area (Å²) in [7, 11) is 1.53. The summed E-state index contributed by atoms with van der Waals surface area (Å²) in [5.74, 6) is -0.564. The highest BCUT2D eigenvalue weighted by Gasteiger charge is 2.40. The Morgan fingerprint density at radius 1 is 0.897 bits per heavy atom. The third-order valence-electron chi connectivity index (χ3n) is 6.95. The van der Waals surface area contributed by atoms with Gasteiger partial charge in [0.1, 0.15) is 0 Å². The molecule has 0 spiro atoms. The topological polar surface area (TPSA) is 41.6 Å². The molecule has 4 rings (SSSR count). The van der Waals surface area contributed by atoms with Gasteiger partial charge in [-0.25, -0.2) is 4.79 Å². The number of piperidine rings is 1. The molecule has 2 amide bonds. The summed E-state index contributed by atoms with van der Waals surface area (Å²) in [4.78, 5) is 14.2. The predicted molar refractivity (Wildman–Crippen MR) is 134 cm³/mol. The Labute approximate surface area is 222 Å². The molecule has 0 aliphatic carbocycles. The summed E-state index contributed by atoms with van der Waals surface area (Å²) in [5, 5.41) is 2.62. The van der Waals surface area contributed by atoms with Crippen molar-refractivity contribution < 1.29 is 35.9 Å². The minimum absolute atomic E-state index is 0.106. The fourth-order valence-corrected chi connectivity index (χ4v) is 5.14. The minimum atomic E-state index is -4.94. The number of nitrogens with one attached hydrogen (secondary N) is 1. The molecule has 4 nitrogen and oxygen atoms in total. The largest absolute Gasteiger partial charge is 0.416 e. The van der Waals surface area contributed by atoms with Crippen LogP contribution in [0.2, 0.25) is 0 Å². The first-order valence-corrected chi connectivity index (χ1v) is 12.4. The second kappa shape index (κ2) is 11.7. The minimum Gasteiger partial charge on any atom is -0.373 e. The fourth-order valence-electron chi connectivity index (χ4n) is 5.14. The van der Waals surface area contributed by atoms with E-state index in [1.54, 1.807) is 4.90 Å². The quantitative estimate of drug-likeness (QED) is 0.333. The molecule has 10 heteroatoms. The number of ether oxygens (including phenoxy) is 1. The molecule has 1 N–H and O–H groups in total. The number of urea groups is 1. The molecule has 0 bridgehead atoms. The SMILES string of the molecule is CNC(=O)N1CC[C@H](OCc2cc(C(F)(F)F)cc(C(F)(F)F)c2)[C@H](C(c2ccccc2)c2ccccc2)C1. The van der Waals surface area contributed by atoms with E-state index >= 15 is 0 Å². The molecule has 3 aromatic rings. The summed E-state index contributed by atoms with van der Waals surface area (Å²) >= 11 is 0. The van der Waals surface area contributed by atoms with Crippen molar-refractivity contribution in [2.24, 2.45) is 5.92 Å². The normalized spacial score (nSPS) is 18.3. The summed E-state index contributed by atoms with van der Waals surface area (Å²) in [6.45, 7) is 0.174. The molecule has 208 valence electrons. The number of hydrogen-bond donors (Lipinski definition) is 1. The van der Waals surface area contributed by atoms with Crippen molar-refractivity contribution in [1.29, 1.82) is 0 Å². The van der Waals surface area contributed by atoms with Gasteiger partial charge in [0, 0.05) is 32.0 Å². The van der Waals surface area contributed by atoms with Crippen molar-refractivity contribution in [3.8, 4) is 0 Å². The van der Waals surface area contributed by atoms with E-state index < -0.39 is 36.2 Å². The molecule has 1 heterocycles. The van der Waals surface area contributed by atoms with Crippen LogP contribution in [-0.4, -0.2) is 37.2 Å². The Morgan fingerprint density at radius 3 is 1.87 bits per heavy atom. The van der Waals surface area contributed by atoms with Gasteiger partial charge in [-0.2, -0.15) is 26.3 Å².